The second-order valence-electron chi connectivity index (χ2n) is 8.26. The Kier molecular flexibility index (Phi) is 8.11. The lowest BCUT2D eigenvalue weighted by molar-refractivity contribution is 0.220. The summed E-state index contributed by atoms with van der Waals surface area (Å²) >= 11 is 0. The van der Waals surface area contributed by atoms with Gasteiger partial charge in [-0.15, -0.1) is 0 Å². The van der Waals surface area contributed by atoms with Crippen molar-refractivity contribution in [2.24, 2.45) is 10.4 Å². The van der Waals surface area contributed by atoms with Crippen molar-refractivity contribution in [2.45, 2.75) is 40.5 Å². The molecule has 0 atom stereocenters. The quantitative estimate of drug-likeness (QED) is 0.668. The first-order valence-corrected chi connectivity index (χ1v) is 10.5. The van der Waals surface area contributed by atoms with Crippen molar-refractivity contribution in [1.82, 2.24) is 10.2 Å². The predicted molar refractivity (Wildman–Crippen MR) is 121 cm³/mol. The highest BCUT2D eigenvalue weighted by Gasteiger charge is 2.27. The van der Waals surface area contributed by atoms with Crippen LogP contribution >= 0.6 is 0 Å². The summed E-state index contributed by atoms with van der Waals surface area (Å²) in [6.07, 6.45) is 5.95. The molecule has 1 aliphatic rings. The Hall–Kier alpha value is -2.50. The summed E-state index contributed by atoms with van der Waals surface area (Å²) in [5.41, 5.74) is 3.05. The molecule has 2 amide bonds. The van der Waals surface area contributed by atoms with Gasteiger partial charge in [-0.25, -0.2) is 4.79 Å². The molecule has 0 spiro atoms. The zero-order chi connectivity index (χ0) is 21.4. The smallest absolute Gasteiger partial charge is 0.322 e. The molecule has 0 saturated heterocycles. The van der Waals surface area contributed by atoms with Gasteiger partial charge in [-0.1, -0.05) is 39.8 Å². The minimum atomic E-state index is -0.0972. The number of carbonyl (C=O) groups excluding carboxylic acids is 1. The highest BCUT2D eigenvalue weighted by atomic mass is 16.5. The Labute approximate surface area is 175 Å². The third-order valence-corrected chi connectivity index (χ3v) is 5.04. The molecule has 6 nitrogen and oxygen atoms in total. The topological polar surface area (TPSA) is 57.2 Å². The molecular formula is C23H36N4O2. The van der Waals surface area contributed by atoms with Crippen molar-refractivity contribution >= 4 is 17.9 Å². The molecule has 2 rings (SSSR count). The molecule has 1 heterocycles. The Morgan fingerprint density at radius 2 is 2.14 bits per heavy atom. The Morgan fingerprint density at radius 1 is 1.38 bits per heavy atom. The van der Waals surface area contributed by atoms with Crippen LogP contribution in [0.2, 0.25) is 0 Å². The zero-order valence-electron chi connectivity index (χ0n) is 18.8. The van der Waals surface area contributed by atoms with Crippen molar-refractivity contribution in [3.63, 3.8) is 0 Å². The van der Waals surface area contributed by atoms with Crippen LogP contribution in [0, 0.1) is 5.41 Å². The number of ether oxygens (including phenoxy) is 1. The number of aryl methyl sites for hydroxylation is 1. The number of carbonyl (C=O) groups is 1. The van der Waals surface area contributed by atoms with E-state index in [1.165, 1.54) is 5.56 Å². The normalized spacial score (nSPS) is 14.6. The van der Waals surface area contributed by atoms with E-state index in [1.54, 1.807) is 11.9 Å². The fourth-order valence-corrected chi connectivity index (χ4v) is 3.54. The molecule has 0 bridgehead atoms. The van der Waals surface area contributed by atoms with E-state index in [0.29, 0.717) is 19.7 Å². The molecule has 0 aliphatic carbocycles. The number of amides is 2. The third kappa shape index (κ3) is 6.24. The maximum absolute atomic E-state index is 12.9. The van der Waals surface area contributed by atoms with E-state index in [-0.39, 0.29) is 11.4 Å². The minimum Gasteiger partial charge on any atom is -0.490 e. The molecular weight excluding hydrogens is 364 g/mol. The average molecular weight is 401 g/mol. The predicted octanol–water partition coefficient (Wildman–Crippen LogP) is 4.11. The molecule has 1 aromatic carbocycles. The summed E-state index contributed by atoms with van der Waals surface area (Å²) in [6, 6.07) is 6.00. The second kappa shape index (κ2) is 10.3. The van der Waals surface area contributed by atoms with Gasteiger partial charge in [-0.3, -0.25) is 9.89 Å². The highest BCUT2D eigenvalue weighted by Crippen LogP contribution is 2.32. The lowest BCUT2D eigenvalue weighted by Crippen LogP contribution is -2.48. The van der Waals surface area contributed by atoms with Crippen LogP contribution in [0.5, 0.6) is 5.75 Å². The van der Waals surface area contributed by atoms with E-state index < -0.39 is 0 Å². The standard InChI is InChI=1S/C23H36N4O2/c1-7-9-19(15-24-5)26(6)17-23(3,4)16-25-22(28)27-12-13-29-21-14-18(8-2)10-11-20(21)27/h9-11,14-15H,7-8,12-13,16-17H2,1-6H3,(H,25,28)/b19-9+,24-15?. The molecule has 0 radical (unpaired) electrons. The summed E-state index contributed by atoms with van der Waals surface area (Å²) < 4.78 is 5.77. The van der Waals surface area contributed by atoms with E-state index in [0.717, 1.165) is 36.5 Å². The number of anilines is 1. The SMILES string of the molecule is CC/C=C(\C=NC)N(C)CC(C)(C)CNC(=O)N1CCOc2cc(CC)ccc21. The first-order chi connectivity index (χ1) is 13.8. The van der Waals surface area contributed by atoms with Gasteiger partial charge in [-0.2, -0.15) is 0 Å². The number of aliphatic imine (C=N–C) groups is 1. The van der Waals surface area contributed by atoms with Crippen LogP contribution in [0.3, 0.4) is 0 Å². The number of nitrogens with one attached hydrogen (secondary N) is 1. The molecule has 0 aromatic heterocycles. The first kappa shape index (κ1) is 22.8. The van der Waals surface area contributed by atoms with Gasteiger partial charge in [0.05, 0.1) is 17.9 Å². The first-order valence-electron chi connectivity index (χ1n) is 10.5. The molecule has 1 N–H and O–H groups in total. The van der Waals surface area contributed by atoms with Crippen LogP contribution in [0.4, 0.5) is 10.5 Å². The van der Waals surface area contributed by atoms with Crippen LogP contribution in [-0.2, 0) is 6.42 Å². The van der Waals surface area contributed by atoms with Crippen LogP contribution in [0.15, 0.2) is 35.0 Å². The highest BCUT2D eigenvalue weighted by molar-refractivity contribution is 5.94. The van der Waals surface area contributed by atoms with Gasteiger partial charge >= 0.3 is 6.03 Å². The second-order valence-corrected chi connectivity index (χ2v) is 8.26. The monoisotopic (exact) mass is 400 g/mol. The van der Waals surface area contributed by atoms with Crippen LogP contribution in [-0.4, -0.2) is 57.5 Å². The number of urea groups is 1. The Balaban J connectivity index is 2.00. The van der Waals surface area contributed by atoms with Crippen molar-refractivity contribution in [3.05, 3.63) is 35.5 Å². The van der Waals surface area contributed by atoms with Gasteiger partial charge in [0, 0.05) is 33.4 Å². The van der Waals surface area contributed by atoms with Crippen molar-refractivity contribution < 1.29 is 9.53 Å². The molecule has 0 fully saturated rings. The van der Waals surface area contributed by atoms with E-state index >= 15 is 0 Å². The molecule has 160 valence electrons. The molecule has 0 unspecified atom stereocenters. The number of fused-ring (bicyclic) bond motifs is 1. The van der Waals surface area contributed by atoms with Crippen molar-refractivity contribution in [3.8, 4) is 5.75 Å². The number of nitrogens with zero attached hydrogens (tertiary/aromatic N) is 3. The van der Waals surface area contributed by atoms with Crippen molar-refractivity contribution in [1.29, 1.82) is 0 Å². The molecule has 0 saturated carbocycles. The lowest BCUT2D eigenvalue weighted by atomic mass is 9.92. The molecule has 6 heteroatoms. The average Bonchev–Trinajstić information content (AvgIpc) is 2.70. The van der Waals surface area contributed by atoms with Crippen molar-refractivity contribution in [2.75, 3.05) is 45.2 Å². The number of allylic oxidation sites excluding steroid dienone is 2. The zero-order valence-corrected chi connectivity index (χ0v) is 18.8. The van der Waals surface area contributed by atoms with E-state index in [1.807, 2.05) is 18.3 Å². The number of benzene rings is 1. The Morgan fingerprint density at radius 3 is 2.79 bits per heavy atom. The lowest BCUT2D eigenvalue weighted by Gasteiger charge is -2.34. The minimum absolute atomic E-state index is 0.0750. The van der Waals surface area contributed by atoms with Gasteiger partial charge < -0.3 is 15.0 Å². The third-order valence-electron chi connectivity index (χ3n) is 5.04. The Bertz CT molecular complexity index is 755. The molecule has 1 aliphatic heterocycles. The van der Waals surface area contributed by atoms with E-state index in [9.17, 15) is 4.79 Å². The van der Waals surface area contributed by atoms with E-state index in [4.69, 9.17) is 4.74 Å². The van der Waals surface area contributed by atoms with Crippen LogP contribution in [0.25, 0.3) is 0 Å². The van der Waals surface area contributed by atoms with Gasteiger partial charge in [0.1, 0.15) is 12.4 Å². The number of hydrogen-bond acceptors (Lipinski definition) is 4. The van der Waals surface area contributed by atoms with Crippen LogP contribution < -0.4 is 15.0 Å². The van der Waals surface area contributed by atoms with Crippen LogP contribution in [0.1, 0.15) is 39.7 Å². The fourth-order valence-electron chi connectivity index (χ4n) is 3.54. The number of hydrogen-bond donors (Lipinski definition) is 1. The number of rotatable bonds is 8. The maximum Gasteiger partial charge on any atom is 0.322 e. The largest absolute Gasteiger partial charge is 0.490 e. The molecule has 29 heavy (non-hydrogen) atoms. The summed E-state index contributed by atoms with van der Waals surface area (Å²) in [7, 11) is 3.85. The molecule has 1 aromatic rings. The maximum atomic E-state index is 12.9. The summed E-state index contributed by atoms with van der Waals surface area (Å²) in [6.45, 7) is 11.0. The van der Waals surface area contributed by atoms with Gasteiger partial charge in [0.15, 0.2) is 0 Å². The van der Waals surface area contributed by atoms with Gasteiger partial charge in [0.2, 0.25) is 0 Å². The summed E-state index contributed by atoms with van der Waals surface area (Å²) in [4.78, 5) is 21.0. The summed E-state index contributed by atoms with van der Waals surface area (Å²) in [5, 5.41) is 3.12. The van der Waals surface area contributed by atoms with E-state index in [2.05, 4.69) is 62.1 Å². The van der Waals surface area contributed by atoms with Gasteiger partial charge in [0.25, 0.3) is 0 Å². The fraction of sp³-hybridized carbons (Fsp3) is 0.565. The van der Waals surface area contributed by atoms with Gasteiger partial charge in [-0.05, 0) is 36.0 Å². The summed E-state index contributed by atoms with van der Waals surface area (Å²) in [5.74, 6) is 0.790.